The number of nitrogens with one attached hydrogen (secondary N) is 2. The monoisotopic (exact) mass is 1910 g/mol. The van der Waals surface area contributed by atoms with Crippen molar-refractivity contribution in [1.82, 2.24) is 40.4 Å². The molecule has 27 nitrogen and oxygen atoms in total. The number of hydrogen-bond acceptors (Lipinski definition) is 25. The number of amides is 2. The number of anilines is 5. The number of ether oxygens (including phenoxy) is 4. The zero-order chi connectivity index (χ0) is 98.2. The fourth-order valence-electron chi connectivity index (χ4n) is 18.4. The molecule has 0 bridgehead atoms. The molecule has 0 spiro atoms. The maximum absolute atomic E-state index is 12.4. The van der Waals surface area contributed by atoms with Crippen LogP contribution in [0.15, 0.2) is 175 Å². The van der Waals surface area contributed by atoms with Crippen molar-refractivity contribution < 1.29 is 42.9 Å². The Kier molecular flexibility index (Phi) is 36.5. The Morgan fingerprint density at radius 3 is 1.20 bits per heavy atom. The number of fused-ring (bicyclic) bond motifs is 4. The van der Waals surface area contributed by atoms with E-state index in [1.54, 1.807) is 40.7 Å². The first-order chi connectivity index (χ1) is 64.7. The second kappa shape index (κ2) is 47.8. The lowest BCUT2D eigenvalue weighted by molar-refractivity contribution is -0.157. The summed E-state index contributed by atoms with van der Waals surface area (Å²) in [7, 11) is 0. The van der Waals surface area contributed by atoms with Crippen LogP contribution >= 0.6 is 15.9 Å². The lowest BCUT2D eigenvalue weighted by Gasteiger charge is -2.39. The van der Waals surface area contributed by atoms with E-state index in [2.05, 4.69) is 159 Å². The number of nitriles is 4. The number of carbonyl (C=O) groups is 5. The van der Waals surface area contributed by atoms with Crippen molar-refractivity contribution >= 4 is 118 Å². The number of nitrogens with zero attached hydrogens (tertiary/aromatic N) is 15. The van der Waals surface area contributed by atoms with Gasteiger partial charge in [0.15, 0.2) is 0 Å². The smallest absolute Gasteiger partial charge is 0.410 e. The summed E-state index contributed by atoms with van der Waals surface area (Å²) in [5, 5.41) is 48.1. The van der Waals surface area contributed by atoms with Gasteiger partial charge < -0.3 is 69.6 Å². The third-order valence-electron chi connectivity index (χ3n) is 24.1. The SMILES string of the molecule is CC(C)(C)OC(=O)N1CCN(c2ccc(C=O)cc2)CC1.C[C@@H]1CNC[C@H](CC(=O)OC(C)(C)C)C1.C[C@H]1C[C@@H](CC(=O)OC(C)(C)C)CN(c2ccc(C#N)c3ncccc23)C1.C[C@H]1C[C@@H](N)CN(c2ccc(C#N)c3ncccc23)C1.C[C@H]1C[C@@H](NCc2ccc(N3CCN(C(=O)OC(C)(C)C)CC3)cc2)CN(c2ccc(C#N)c3ncccc23)C1.N#Cc1ccc(Br)c2cccnc12. The predicted octanol–water partition coefficient (Wildman–Crippen LogP) is 19.1. The summed E-state index contributed by atoms with van der Waals surface area (Å²) in [5.41, 5.74) is 17.4. The lowest BCUT2D eigenvalue weighted by atomic mass is 9.87. The number of hydrogen-bond donors (Lipinski definition) is 3. The van der Waals surface area contributed by atoms with Crippen LogP contribution in [0.4, 0.5) is 38.0 Å². The second-order valence-corrected chi connectivity index (χ2v) is 41.6. The highest BCUT2D eigenvalue weighted by atomic mass is 79.9. The van der Waals surface area contributed by atoms with Crippen molar-refractivity contribution in [3.63, 3.8) is 0 Å². The van der Waals surface area contributed by atoms with Gasteiger partial charge in [0.1, 0.15) is 53.0 Å². The summed E-state index contributed by atoms with van der Waals surface area (Å²) in [6.07, 6.45) is 12.6. The number of halogens is 1. The van der Waals surface area contributed by atoms with Gasteiger partial charge in [0.05, 0.1) is 50.7 Å². The molecular weight excluding hydrogens is 1770 g/mol. The van der Waals surface area contributed by atoms with Crippen LogP contribution < -0.4 is 40.9 Å². The van der Waals surface area contributed by atoms with Crippen molar-refractivity contribution in [1.29, 1.82) is 21.0 Å². The van der Waals surface area contributed by atoms with Crippen LogP contribution in [0.2, 0.25) is 0 Å². The first-order valence-corrected chi connectivity index (χ1v) is 48.3. The average molecular weight is 1910 g/mol. The van der Waals surface area contributed by atoms with Crippen LogP contribution in [0.1, 0.15) is 187 Å². The van der Waals surface area contributed by atoms with E-state index in [-0.39, 0.29) is 41.7 Å². The largest absolute Gasteiger partial charge is 0.460 e. The molecule has 0 unspecified atom stereocenters. The fraction of sp³-hybridized carbons (Fsp3) is 0.472. The molecule has 10 aromatic rings. The van der Waals surface area contributed by atoms with Crippen LogP contribution in [0.5, 0.6) is 0 Å². The molecule has 0 aliphatic carbocycles. The molecule has 718 valence electrons. The molecule has 6 fully saturated rings. The van der Waals surface area contributed by atoms with E-state index in [1.165, 1.54) is 11.3 Å². The van der Waals surface area contributed by atoms with Crippen LogP contribution in [0.3, 0.4) is 0 Å². The number of aldehydes is 1. The molecule has 6 aromatic carbocycles. The van der Waals surface area contributed by atoms with Gasteiger partial charge in [-0.25, -0.2) is 9.59 Å². The number of pyridine rings is 4. The lowest BCUT2D eigenvalue weighted by Crippen LogP contribution is -2.50. The molecule has 28 heteroatoms. The number of aromatic nitrogens is 4. The van der Waals surface area contributed by atoms with Gasteiger partial charge in [-0.2, -0.15) is 21.0 Å². The first-order valence-electron chi connectivity index (χ1n) is 47.5. The van der Waals surface area contributed by atoms with Gasteiger partial charge in [-0.3, -0.25) is 34.3 Å². The van der Waals surface area contributed by atoms with E-state index in [4.69, 9.17) is 29.9 Å². The maximum atomic E-state index is 12.4. The summed E-state index contributed by atoms with van der Waals surface area (Å²) in [6, 6.07) is 56.7. The molecule has 6 aliphatic rings. The van der Waals surface area contributed by atoms with Gasteiger partial charge in [0, 0.05) is 201 Å². The van der Waals surface area contributed by atoms with E-state index in [0.29, 0.717) is 102 Å². The summed E-state index contributed by atoms with van der Waals surface area (Å²) in [6.45, 7) is 45.8. The average Bonchev–Trinajstić information content (AvgIpc) is 0.786. The van der Waals surface area contributed by atoms with E-state index >= 15 is 0 Å². The quantitative estimate of drug-likeness (QED) is 0.0548. The number of piperidine rings is 4. The Morgan fingerprint density at radius 1 is 0.426 bits per heavy atom. The molecule has 8 atom stereocenters. The Labute approximate surface area is 811 Å². The summed E-state index contributed by atoms with van der Waals surface area (Å²) >= 11 is 3.41. The zero-order valence-electron chi connectivity index (χ0n) is 82.0. The Hall–Kier alpha value is -12.6. The molecule has 0 radical (unpaired) electrons. The number of piperazine rings is 2. The number of esters is 2. The van der Waals surface area contributed by atoms with E-state index in [1.807, 2.05) is 186 Å². The van der Waals surface area contributed by atoms with Gasteiger partial charge >= 0.3 is 24.1 Å². The molecule has 0 saturated carbocycles. The van der Waals surface area contributed by atoms with Crippen LogP contribution in [0.25, 0.3) is 43.6 Å². The van der Waals surface area contributed by atoms with Crippen LogP contribution in [0, 0.1) is 80.8 Å². The highest BCUT2D eigenvalue weighted by molar-refractivity contribution is 9.10. The highest BCUT2D eigenvalue weighted by Crippen LogP contribution is 2.38. The number of carbonyl (C=O) groups excluding carboxylic acids is 5. The molecule has 6 aliphatic heterocycles. The molecule has 4 N–H and O–H groups in total. The van der Waals surface area contributed by atoms with Crippen molar-refractivity contribution in [3.8, 4) is 24.3 Å². The van der Waals surface area contributed by atoms with Crippen molar-refractivity contribution in [2.45, 2.75) is 190 Å². The highest BCUT2D eigenvalue weighted by Gasteiger charge is 2.34. The maximum Gasteiger partial charge on any atom is 0.410 e. The number of rotatable bonds is 13. The van der Waals surface area contributed by atoms with Gasteiger partial charge in [-0.1, -0.05) is 61.8 Å². The van der Waals surface area contributed by atoms with E-state index in [0.717, 1.165) is 188 Å². The van der Waals surface area contributed by atoms with Crippen LogP contribution in [-0.4, -0.2) is 199 Å². The number of nitrogens with two attached hydrogens (primary N) is 1. The molecule has 2 amide bonds. The van der Waals surface area contributed by atoms with E-state index < -0.39 is 16.8 Å². The third kappa shape index (κ3) is 30.5. The van der Waals surface area contributed by atoms with Gasteiger partial charge in [-0.15, -0.1) is 0 Å². The normalized spacial score (nSPS) is 19.6. The molecule has 4 aromatic heterocycles. The Balaban J connectivity index is 0.000000163. The summed E-state index contributed by atoms with van der Waals surface area (Å²) in [4.78, 5) is 91.5. The Morgan fingerprint density at radius 2 is 0.794 bits per heavy atom. The van der Waals surface area contributed by atoms with Crippen molar-refractivity contribution in [2.75, 3.05) is 129 Å². The second-order valence-electron chi connectivity index (χ2n) is 40.7. The minimum atomic E-state index is -0.471. The Bertz CT molecular complexity index is 5900. The van der Waals surface area contributed by atoms with Crippen molar-refractivity contribution in [2.24, 2.45) is 41.2 Å². The molecule has 136 heavy (non-hydrogen) atoms. The topological polar surface area (TPSA) is 342 Å². The summed E-state index contributed by atoms with van der Waals surface area (Å²) in [5.74, 6) is 2.79. The van der Waals surface area contributed by atoms with E-state index in [9.17, 15) is 39.8 Å². The summed E-state index contributed by atoms with van der Waals surface area (Å²) < 4.78 is 22.7. The molecule has 16 rings (SSSR count). The standard InChI is InChI=1S/C32H40N6O2.C22H27N3O2.C16H18N4.C16H22N2O3.C12H23NO2.C10H5BrN2/c1-23-18-26(22-38(21-23)29-12-9-25(19-33)30-28(29)6-5-13-34-30)35-20-24-7-10-27(11-8-24)36-14-16-37(17-15-36)31(39)40-32(2,3)4;1-15-10-16(11-20(26)27-22(2,3)4)14-25(13-15)19-8-7-17(12-23)21-18(19)6-5-9-24-21;1-11-7-13(18)10-20(9-11)15-5-4-12(8-17)16-14(15)3-2-6-19-16;1-16(2,3)21-15(20)18-10-8-17(9-11-18)14-6-4-13(12-19)5-7-14;1-9-5-10(8-13-7-9)6-11(14)15-12(2,3)4;11-9-4-3-7(6-12)10-8(9)2-1-5-13-10/h5-13,23,26,35H,14-18,20-22H2,1-4H3;5-9,15-16H,10-11,13-14H2,1-4H3;2-6,11,13H,7,9-10,18H2,1H3;4-7,12H,8-11H2,1-3H3;9-10,13H,5-8H2,1-4H3;1-5H/t23-,26+;15-,16-;11-,13+;;9-,10-;/m000.0./s1. The van der Waals surface area contributed by atoms with Crippen LogP contribution in [-0.2, 0) is 35.1 Å². The van der Waals surface area contributed by atoms with Crippen molar-refractivity contribution in [3.05, 3.63) is 208 Å². The predicted molar refractivity (Wildman–Crippen MR) is 543 cm³/mol. The molecule has 10 heterocycles. The van der Waals surface area contributed by atoms with Gasteiger partial charge in [0.2, 0.25) is 0 Å². The minimum Gasteiger partial charge on any atom is -0.460 e. The fourth-order valence-corrected chi connectivity index (χ4v) is 18.8. The molecule has 6 saturated heterocycles. The first kappa shape index (κ1) is 104. The third-order valence-corrected chi connectivity index (χ3v) is 24.8. The zero-order valence-corrected chi connectivity index (χ0v) is 83.5. The minimum absolute atomic E-state index is 0.0663. The number of benzene rings is 6. The molecular formula is C108H135BrN18O9. The van der Waals surface area contributed by atoms with Gasteiger partial charge in [0.25, 0.3) is 0 Å². The van der Waals surface area contributed by atoms with Gasteiger partial charge in [-0.05, 0) is 290 Å².